The van der Waals surface area contributed by atoms with Crippen LogP contribution in [-0.2, 0) is 29.5 Å². The average Bonchev–Trinajstić information content (AvgIpc) is 2.96. The normalized spacial score (nSPS) is 16.9. The summed E-state index contributed by atoms with van der Waals surface area (Å²) in [5, 5.41) is 13.7. The third-order valence-corrected chi connectivity index (χ3v) is 4.36. The number of nitrogens with zero attached hydrogens (tertiary/aromatic N) is 3. The van der Waals surface area contributed by atoms with Gasteiger partial charge in [-0.2, -0.15) is 5.10 Å². The third-order valence-electron chi connectivity index (χ3n) is 4.36. The van der Waals surface area contributed by atoms with Crippen LogP contribution in [0.25, 0.3) is 0 Å². The molecule has 1 aromatic heterocycles. The average molecular weight is 313 g/mol. The number of hydrogen-bond acceptors (Lipinski definition) is 3. The minimum Gasteiger partial charge on any atom is -0.479 e. The molecule has 1 aliphatic heterocycles. The Balaban J connectivity index is 1.77. The van der Waals surface area contributed by atoms with E-state index in [-0.39, 0.29) is 12.3 Å². The molecular formula is C17H19N3O3. The van der Waals surface area contributed by atoms with Gasteiger partial charge in [0.05, 0.1) is 0 Å². The fourth-order valence-electron chi connectivity index (χ4n) is 3.13. The highest BCUT2D eigenvalue weighted by Crippen LogP contribution is 2.30. The lowest BCUT2D eigenvalue weighted by Crippen LogP contribution is -2.43. The van der Waals surface area contributed by atoms with E-state index in [0.29, 0.717) is 19.4 Å². The first-order chi connectivity index (χ1) is 11.1. The molecule has 6 nitrogen and oxygen atoms in total. The lowest BCUT2D eigenvalue weighted by atomic mass is 9.92. The smallest absolute Gasteiger partial charge is 0.331 e. The van der Waals surface area contributed by atoms with E-state index < -0.39 is 12.0 Å². The number of carboxylic acids is 1. The molecule has 2 heterocycles. The predicted octanol–water partition coefficient (Wildman–Crippen LogP) is 1.56. The van der Waals surface area contributed by atoms with Crippen LogP contribution in [0.4, 0.5) is 0 Å². The maximum atomic E-state index is 12.6. The molecule has 1 N–H and O–H groups in total. The molecule has 1 atom stereocenters. The van der Waals surface area contributed by atoms with Gasteiger partial charge >= 0.3 is 5.97 Å². The van der Waals surface area contributed by atoms with Crippen molar-refractivity contribution >= 4 is 11.9 Å². The van der Waals surface area contributed by atoms with Crippen molar-refractivity contribution in [1.82, 2.24) is 14.7 Å². The van der Waals surface area contributed by atoms with Crippen molar-refractivity contribution in [3.63, 3.8) is 0 Å². The minimum absolute atomic E-state index is 0.131. The van der Waals surface area contributed by atoms with Crippen molar-refractivity contribution in [2.75, 3.05) is 6.54 Å². The predicted molar refractivity (Wildman–Crippen MR) is 83.8 cm³/mol. The molecule has 0 radical (unpaired) electrons. The van der Waals surface area contributed by atoms with Gasteiger partial charge in [0.15, 0.2) is 6.04 Å². The summed E-state index contributed by atoms with van der Waals surface area (Å²) in [5.41, 5.74) is 2.69. The maximum Gasteiger partial charge on any atom is 0.331 e. The summed E-state index contributed by atoms with van der Waals surface area (Å²) in [6.45, 7) is 0.443. The molecule has 0 saturated heterocycles. The van der Waals surface area contributed by atoms with Crippen LogP contribution in [0.5, 0.6) is 0 Å². The Labute approximate surface area is 134 Å². The number of carbonyl (C=O) groups is 2. The van der Waals surface area contributed by atoms with Gasteiger partial charge in [-0.3, -0.25) is 9.48 Å². The molecule has 0 spiro atoms. The van der Waals surface area contributed by atoms with Gasteiger partial charge < -0.3 is 10.0 Å². The van der Waals surface area contributed by atoms with Crippen LogP contribution in [0.15, 0.2) is 36.5 Å². The number of carbonyl (C=O) groups excluding carboxylic acids is 1. The summed E-state index contributed by atoms with van der Waals surface area (Å²) in [5.74, 6) is -1.11. The van der Waals surface area contributed by atoms with Crippen molar-refractivity contribution in [2.45, 2.75) is 25.3 Å². The molecule has 23 heavy (non-hydrogen) atoms. The van der Waals surface area contributed by atoms with Crippen LogP contribution >= 0.6 is 0 Å². The SMILES string of the molecule is Cn1nccc1CCC(=O)N1CCc2ccccc2C1C(=O)O. The summed E-state index contributed by atoms with van der Waals surface area (Å²) >= 11 is 0. The van der Waals surface area contributed by atoms with Gasteiger partial charge in [0.1, 0.15) is 0 Å². The zero-order valence-corrected chi connectivity index (χ0v) is 13.0. The summed E-state index contributed by atoms with van der Waals surface area (Å²) in [7, 11) is 1.83. The Morgan fingerprint density at radius 1 is 1.30 bits per heavy atom. The van der Waals surface area contributed by atoms with E-state index in [2.05, 4.69) is 5.10 Å². The molecule has 0 bridgehead atoms. The van der Waals surface area contributed by atoms with Crippen molar-refractivity contribution < 1.29 is 14.7 Å². The zero-order chi connectivity index (χ0) is 16.4. The molecular weight excluding hydrogens is 294 g/mol. The van der Waals surface area contributed by atoms with E-state index in [4.69, 9.17) is 0 Å². The molecule has 120 valence electrons. The van der Waals surface area contributed by atoms with Crippen molar-refractivity contribution in [3.05, 3.63) is 53.3 Å². The molecule has 1 amide bonds. The highest BCUT2D eigenvalue weighted by atomic mass is 16.4. The van der Waals surface area contributed by atoms with E-state index in [1.165, 1.54) is 4.90 Å². The highest BCUT2D eigenvalue weighted by molar-refractivity contribution is 5.85. The number of amides is 1. The van der Waals surface area contributed by atoms with Crippen LogP contribution in [0, 0.1) is 0 Å². The summed E-state index contributed by atoms with van der Waals surface area (Å²) < 4.78 is 1.73. The molecule has 1 unspecified atom stereocenters. The Morgan fingerprint density at radius 2 is 2.09 bits per heavy atom. The van der Waals surface area contributed by atoms with Crippen LogP contribution in [-0.4, -0.2) is 38.2 Å². The molecule has 2 aromatic rings. The van der Waals surface area contributed by atoms with Gasteiger partial charge in [0, 0.05) is 31.9 Å². The number of fused-ring (bicyclic) bond motifs is 1. The second kappa shape index (κ2) is 6.24. The van der Waals surface area contributed by atoms with Gasteiger partial charge in [-0.25, -0.2) is 4.79 Å². The lowest BCUT2D eigenvalue weighted by molar-refractivity contribution is -0.151. The van der Waals surface area contributed by atoms with Crippen molar-refractivity contribution in [3.8, 4) is 0 Å². The molecule has 0 aliphatic carbocycles. The van der Waals surface area contributed by atoms with E-state index in [1.807, 2.05) is 31.3 Å². The molecule has 0 fully saturated rings. The summed E-state index contributed by atoms with van der Waals surface area (Å²) in [6, 6.07) is 8.43. The minimum atomic E-state index is -0.981. The zero-order valence-electron chi connectivity index (χ0n) is 13.0. The van der Waals surface area contributed by atoms with Crippen LogP contribution < -0.4 is 0 Å². The standard InChI is InChI=1S/C17H19N3O3/c1-19-13(8-10-18-19)6-7-15(21)20-11-9-12-4-2-3-5-14(12)16(20)17(22)23/h2-5,8,10,16H,6-7,9,11H2,1H3,(H,22,23). The molecule has 0 saturated carbocycles. The molecule has 1 aromatic carbocycles. The van der Waals surface area contributed by atoms with Gasteiger partial charge in [0.2, 0.25) is 5.91 Å². The molecule has 1 aliphatic rings. The van der Waals surface area contributed by atoms with Crippen LogP contribution in [0.1, 0.15) is 29.3 Å². The third kappa shape index (κ3) is 2.97. The second-order valence-corrected chi connectivity index (χ2v) is 5.72. The van der Waals surface area contributed by atoms with Crippen molar-refractivity contribution in [2.24, 2.45) is 7.05 Å². The maximum absolute atomic E-state index is 12.6. The second-order valence-electron chi connectivity index (χ2n) is 5.72. The first-order valence-electron chi connectivity index (χ1n) is 7.65. The first kappa shape index (κ1) is 15.3. The monoisotopic (exact) mass is 313 g/mol. The topological polar surface area (TPSA) is 75.4 Å². The van der Waals surface area contributed by atoms with E-state index in [0.717, 1.165) is 16.8 Å². The van der Waals surface area contributed by atoms with E-state index in [9.17, 15) is 14.7 Å². The number of carboxylic acid groups (broad SMARTS) is 1. The van der Waals surface area contributed by atoms with E-state index in [1.54, 1.807) is 16.9 Å². The highest BCUT2D eigenvalue weighted by Gasteiger charge is 2.35. The fourth-order valence-corrected chi connectivity index (χ4v) is 3.13. The largest absolute Gasteiger partial charge is 0.479 e. The first-order valence-corrected chi connectivity index (χ1v) is 7.65. The Morgan fingerprint density at radius 3 is 2.78 bits per heavy atom. The quantitative estimate of drug-likeness (QED) is 0.929. The lowest BCUT2D eigenvalue weighted by Gasteiger charge is -2.34. The van der Waals surface area contributed by atoms with Gasteiger partial charge in [-0.15, -0.1) is 0 Å². The molecule has 3 rings (SSSR count). The van der Waals surface area contributed by atoms with Crippen molar-refractivity contribution in [1.29, 1.82) is 0 Å². The number of aryl methyl sites for hydroxylation is 2. The fraction of sp³-hybridized carbons (Fsp3) is 0.353. The number of hydrogen-bond donors (Lipinski definition) is 1. The summed E-state index contributed by atoms with van der Waals surface area (Å²) in [4.78, 5) is 25.8. The summed E-state index contributed by atoms with van der Waals surface area (Å²) in [6.07, 6.45) is 3.22. The van der Waals surface area contributed by atoms with Gasteiger partial charge in [0.25, 0.3) is 0 Å². The Hall–Kier alpha value is -2.63. The van der Waals surface area contributed by atoms with Gasteiger partial charge in [-0.05, 0) is 30.0 Å². The number of aromatic nitrogens is 2. The number of rotatable bonds is 4. The number of aliphatic carboxylic acids is 1. The van der Waals surface area contributed by atoms with Crippen LogP contribution in [0.2, 0.25) is 0 Å². The Bertz CT molecular complexity index is 738. The van der Waals surface area contributed by atoms with E-state index >= 15 is 0 Å². The number of benzene rings is 1. The molecule has 6 heteroatoms. The van der Waals surface area contributed by atoms with Crippen LogP contribution in [0.3, 0.4) is 0 Å². The Kier molecular flexibility index (Phi) is 4.14. The van der Waals surface area contributed by atoms with Gasteiger partial charge in [-0.1, -0.05) is 24.3 Å².